The summed E-state index contributed by atoms with van der Waals surface area (Å²) in [5.41, 5.74) is 2.45. The third-order valence-electron chi connectivity index (χ3n) is 3.92. The Morgan fingerprint density at radius 1 is 1.00 bits per heavy atom. The smallest absolute Gasteiger partial charge is 0.255 e. The van der Waals surface area contributed by atoms with E-state index < -0.39 is 0 Å². The highest BCUT2D eigenvalue weighted by Crippen LogP contribution is 2.11. The molecule has 0 atom stereocenters. The molecule has 2 rings (SSSR count). The van der Waals surface area contributed by atoms with Crippen LogP contribution in [0.25, 0.3) is 0 Å². The number of likely N-dealkylation sites (N-methyl/N-ethyl adjacent to an activating group) is 1. The largest absolute Gasteiger partial charge is 0.353 e. The molecule has 0 saturated heterocycles. The summed E-state index contributed by atoms with van der Waals surface area (Å²) in [4.78, 5) is 26.3. The van der Waals surface area contributed by atoms with Crippen molar-refractivity contribution in [2.24, 2.45) is 0 Å². The highest BCUT2D eigenvalue weighted by Gasteiger charge is 2.11. The summed E-state index contributed by atoms with van der Waals surface area (Å²) in [6.45, 7) is 7.75. The van der Waals surface area contributed by atoms with Gasteiger partial charge in [0.25, 0.3) is 5.91 Å². The fourth-order valence-corrected chi connectivity index (χ4v) is 2.59. The lowest BCUT2D eigenvalue weighted by Crippen LogP contribution is -2.39. The predicted octanol–water partition coefficient (Wildman–Crippen LogP) is 3.29. The number of amides is 2. The molecule has 138 valence electrons. The summed E-state index contributed by atoms with van der Waals surface area (Å²) in [6, 6.07) is 17.0. The van der Waals surface area contributed by atoms with Crippen molar-refractivity contribution < 1.29 is 9.59 Å². The van der Waals surface area contributed by atoms with Gasteiger partial charge in [-0.1, -0.05) is 37.3 Å². The summed E-state index contributed by atoms with van der Waals surface area (Å²) in [5, 5.41) is 5.78. The van der Waals surface area contributed by atoms with Gasteiger partial charge in [0, 0.05) is 23.8 Å². The molecule has 0 aliphatic carbocycles. The average Bonchev–Trinajstić information content (AvgIpc) is 2.62. The van der Waals surface area contributed by atoms with Gasteiger partial charge in [-0.2, -0.15) is 0 Å². The first kappa shape index (κ1) is 19.7. The molecule has 0 fully saturated rings. The standard InChI is InChI=1S/C21H27N3O2/c1-4-24(15-20(25)22-16(2)3)14-17-10-12-18(13-11-17)21(26)23-19-8-6-5-7-9-19/h5-13,16H,4,14-15H2,1-3H3,(H,22,25)(H,23,26). The average molecular weight is 353 g/mol. The summed E-state index contributed by atoms with van der Waals surface area (Å²) in [5.74, 6) is -0.105. The van der Waals surface area contributed by atoms with Crippen molar-refractivity contribution in [1.29, 1.82) is 0 Å². The Hall–Kier alpha value is -2.66. The van der Waals surface area contributed by atoms with Crippen LogP contribution in [0.3, 0.4) is 0 Å². The molecule has 2 N–H and O–H groups in total. The number of hydrogen-bond acceptors (Lipinski definition) is 3. The second-order valence-corrected chi connectivity index (χ2v) is 6.54. The van der Waals surface area contributed by atoms with Gasteiger partial charge >= 0.3 is 0 Å². The van der Waals surface area contributed by atoms with Crippen molar-refractivity contribution >= 4 is 17.5 Å². The summed E-state index contributed by atoms with van der Waals surface area (Å²) < 4.78 is 0. The van der Waals surface area contributed by atoms with E-state index in [4.69, 9.17) is 0 Å². The number of carbonyl (C=O) groups is 2. The van der Waals surface area contributed by atoms with Gasteiger partial charge in [0.1, 0.15) is 0 Å². The molecule has 0 heterocycles. The van der Waals surface area contributed by atoms with E-state index in [0.717, 1.165) is 17.8 Å². The minimum Gasteiger partial charge on any atom is -0.353 e. The molecule has 0 spiro atoms. The van der Waals surface area contributed by atoms with E-state index in [9.17, 15) is 9.59 Å². The Kier molecular flexibility index (Phi) is 7.36. The Bertz CT molecular complexity index is 712. The van der Waals surface area contributed by atoms with E-state index in [1.807, 2.05) is 75.4 Å². The van der Waals surface area contributed by atoms with Crippen molar-refractivity contribution in [3.8, 4) is 0 Å². The number of hydrogen-bond donors (Lipinski definition) is 2. The number of nitrogens with one attached hydrogen (secondary N) is 2. The third kappa shape index (κ3) is 6.33. The van der Waals surface area contributed by atoms with Gasteiger partial charge in [0.05, 0.1) is 6.54 Å². The maximum atomic E-state index is 12.3. The van der Waals surface area contributed by atoms with Crippen molar-refractivity contribution in [1.82, 2.24) is 10.2 Å². The molecule has 5 heteroatoms. The lowest BCUT2D eigenvalue weighted by Gasteiger charge is -2.21. The molecule has 0 radical (unpaired) electrons. The van der Waals surface area contributed by atoms with E-state index in [2.05, 4.69) is 15.5 Å². The molecule has 0 aliphatic rings. The Labute approximate surface area is 155 Å². The van der Waals surface area contributed by atoms with Crippen LogP contribution in [0.1, 0.15) is 36.7 Å². The normalized spacial score (nSPS) is 10.8. The fourth-order valence-electron chi connectivity index (χ4n) is 2.59. The highest BCUT2D eigenvalue weighted by atomic mass is 16.2. The van der Waals surface area contributed by atoms with Gasteiger partial charge in [0.15, 0.2) is 0 Å². The minimum absolute atomic E-state index is 0.0284. The molecule has 0 aromatic heterocycles. The van der Waals surface area contributed by atoms with Crippen molar-refractivity contribution in [3.05, 3.63) is 65.7 Å². The van der Waals surface area contributed by atoms with Crippen LogP contribution in [0, 0.1) is 0 Å². The van der Waals surface area contributed by atoms with Crippen LogP contribution in [-0.2, 0) is 11.3 Å². The van der Waals surface area contributed by atoms with E-state index in [1.54, 1.807) is 0 Å². The van der Waals surface area contributed by atoms with Gasteiger partial charge < -0.3 is 10.6 Å². The number of nitrogens with zero attached hydrogens (tertiary/aromatic N) is 1. The van der Waals surface area contributed by atoms with Crippen molar-refractivity contribution in [2.75, 3.05) is 18.4 Å². The van der Waals surface area contributed by atoms with Crippen LogP contribution in [0.15, 0.2) is 54.6 Å². The molecule has 0 bridgehead atoms. The maximum Gasteiger partial charge on any atom is 0.255 e. The molecule has 0 saturated carbocycles. The summed E-state index contributed by atoms with van der Waals surface area (Å²) in [6.07, 6.45) is 0. The van der Waals surface area contributed by atoms with Crippen molar-refractivity contribution in [2.45, 2.75) is 33.4 Å². The number of carbonyl (C=O) groups excluding carboxylic acids is 2. The first-order chi connectivity index (χ1) is 12.5. The molecule has 0 aliphatic heterocycles. The van der Waals surface area contributed by atoms with Crippen LogP contribution >= 0.6 is 0 Å². The quantitative estimate of drug-likeness (QED) is 0.765. The number of benzene rings is 2. The first-order valence-electron chi connectivity index (χ1n) is 8.95. The van der Waals surface area contributed by atoms with E-state index >= 15 is 0 Å². The van der Waals surface area contributed by atoms with Crippen LogP contribution in [0.4, 0.5) is 5.69 Å². The molecule has 5 nitrogen and oxygen atoms in total. The van der Waals surface area contributed by atoms with Gasteiger partial charge in [-0.05, 0) is 50.2 Å². The molecule has 0 unspecified atom stereocenters. The summed E-state index contributed by atoms with van der Waals surface area (Å²) >= 11 is 0. The highest BCUT2D eigenvalue weighted by molar-refractivity contribution is 6.04. The molecular formula is C21H27N3O2. The van der Waals surface area contributed by atoms with E-state index in [1.165, 1.54) is 0 Å². The van der Waals surface area contributed by atoms with E-state index in [-0.39, 0.29) is 17.9 Å². The monoisotopic (exact) mass is 353 g/mol. The van der Waals surface area contributed by atoms with Gasteiger partial charge in [-0.25, -0.2) is 0 Å². The van der Waals surface area contributed by atoms with Gasteiger partial charge in [-0.3, -0.25) is 14.5 Å². The second-order valence-electron chi connectivity index (χ2n) is 6.54. The molecular weight excluding hydrogens is 326 g/mol. The van der Waals surface area contributed by atoms with Crippen LogP contribution in [0.2, 0.25) is 0 Å². The van der Waals surface area contributed by atoms with Crippen LogP contribution in [0.5, 0.6) is 0 Å². The van der Waals surface area contributed by atoms with Gasteiger partial charge in [-0.15, -0.1) is 0 Å². The molecule has 2 aromatic carbocycles. The molecule has 2 amide bonds. The van der Waals surface area contributed by atoms with Crippen LogP contribution < -0.4 is 10.6 Å². The zero-order valence-corrected chi connectivity index (χ0v) is 15.7. The zero-order chi connectivity index (χ0) is 18.9. The lowest BCUT2D eigenvalue weighted by molar-refractivity contribution is -0.122. The Morgan fingerprint density at radius 3 is 2.23 bits per heavy atom. The van der Waals surface area contributed by atoms with Gasteiger partial charge in [0.2, 0.25) is 5.91 Å². The summed E-state index contributed by atoms with van der Waals surface area (Å²) in [7, 11) is 0. The second kappa shape index (κ2) is 9.73. The number of para-hydroxylation sites is 1. The predicted molar refractivity (Wildman–Crippen MR) is 105 cm³/mol. The maximum absolute atomic E-state index is 12.3. The Balaban J connectivity index is 1.93. The van der Waals surface area contributed by atoms with E-state index in [0.29, 0.717) is 18.7 Å². The lowest BCUT2D eigenvalue weighted by atomic mass is 10.1. The van der Waals surface area contributed by atoms with Crippen molar-refractivity contribution in [3.63, 3.8) is 0 Å². The SMILES string of the molecule is CCN(CC(=O)NC(C)C)Cc1ccc(C(=O)Nc2ccccc2)cc1. The first-order valence-corrected chi connectivity index (χ1v) is 8.95. The topological polar surface area (TPSA) is 61.4 Å². The zero-order valence-electron chi connectivity index (χ0n) is 15.7. The molecule has 26 heavy (non-hydrogen) atoms. The van der Waals surface area contributed by atoms with Crippen LogP contribution in [-0.4, -0.2) is 35.8 Å². The molecule has 2 aromatic rings. The number of anilines is 1. The Morgan fingerprint density at radius 2 is 1.65 bits per heavy atom. The fraction of sp³-hybridized carbons (Fsp3) is 0.333. The third-order valence-corrected chi connectivity index (χ3v) is 3.92. The minimum atomic E-state index is -0.133. The number of rotatable bonds is 8.